The molecule has 0 spiro atoms. The zero-order chi connectivity index (χ0) is 19.0. The van der Waals surface area contributed by atoms with Gasteiger partial charge in [-0.2, -0.15) is 0 Å². The Morgan fingerprint density at radius 3 is 2.44 bits per heavy atom. The number of aromatic nitrogens is 1. The Morgan fingerprint density at radius 2 is 1.70 bits per heavy atom. The molecule has 0 aliphatic carbocycles. The molecular weight excluding hydrogens is 361 g/mol. The largest absolute Gasteiger partial charge is 0.495 e. The third-order valence-corrected chi connectivity index (χ3v) is 6.17. The number of benzene rings is 2. The first-order valence-electron chi connectivity index (χ1n) is 9.01. The molecule has 0 unspecified atom stereocenters. The molecule has 0 radical (unpaired) electrons. The third-order valence-electron chi connectivity index (χ3n) is 5.87. The van der Waals surface area contributed by atoms with Crippen molar-refractivity contribution in [2.75, 3.05) is 0 Å². The Bertz CT molecular complexity index is 1200. The van der Waals surface area contributed by atoms with Gasteiger partial charge in [-0.1, -0.05) is 17.7 Å². The van der Waals surface area contributed by atoms with Gasteiger partial charge in [-0.25, -0.2) is 0 Å². The van der Waals surface area contributed by atoms with E-state index in [9.17, 15) is 0 Å². The number of rotatable bonds is 1. The summed E-state index contributed by atoms with van der Waals surface area (Å²) in [7, 11) is -0.486. The van der Waals surface area contributed by atoms with E-state index in [0.29, 0.717) is 10.6 Å². The maximum Gasteiger partial charge on any atom is 0.495 e. The highest BCUT2D eigenvalue weighted by Crippen LogP contribution is 2.39. The molecule has 0 N–H and O–H groups in total. The lowest BCUT2D eigenvalue weighted by Gasteiger charge is -2.32. The maximum atomic E-state index is 6.46. The van der Waals surface area contributed by atoms with Crippen molar-refractivity contribution in [3.8, 4) is 0 Å². The van der Waals surface area contributed by atoms with E-state index in [0.717, 1.165) is 32.6 Å². The van der Waals surface area contributed by atoms with Crippen molar-refractivity contribution in [1.82, 2.24) is 4.98 Å². The second kappa shape index (κ2) is 5.47. The second-order valence-electron chi connectivity index (χ2n) is 8.10. The van der Waals surface area contributed by atoms with E-state index in [2.05, 4.69) is 11.1 Å². The summed E-state index contributed by atoms with van der Waals surface area (Å²) in [5.74, 6) is 0. The average Bonchev–Trinajstić information content (AvgIpc) is 3.08. The Hall–Kier alpha value is -2.08. The fraction of sp³-hybridized carbons (Fsp3) is 0.286. The summed E-state index contributed by atoms with van der Waals surface area (Å²) in [6.45, 7) is 8.19. The van der Waals surface area contributed by atoms with E-state index in [1.165, 1.54) is 0 Å². The van der Waals surface area contributed by atoms with E-state index in [1.54, 1.807) is 6.20 Å². The minimum Gasteiger partial charge on any atom is -0.454 e. The molecular formula is C21H19BClNO3. The van der Waals surface area contributed by atoms with Gasteiger partial charge in [-0.15, -0.1) is 0 Å². The molecule has 1 saturated heterocycles. The Kier molecular flexibility index (Phi) is 3.46. The molecule has 2 aromatic heterocycles. The fourth-order valence-corrected chi connectivity index (χ4v) is 3.82. The SMILES string of the molecule is CC1(C)OB(c2ccc(Cl)c3oc4cc5ccncc5cc4c23)OC1(C)C. The minimum absolute atomic E-state index is 0.417. The number of fused-ring (bicyclic) bond motifs is 4. The van der Waals surface area contributed by atoms with Gasteiger partial charge in [0.15, 0.2) is 5.58 Å². The molecule has 4 aromatic rings. The first-order valence-corrected chi connectivity index (χ1v) is 9.39. The normalized spacial score (nSPS) is 18.8. The minimum atomic E-state index is -0.486. The molecule has 2 aromatic carbocycles. The van der Waals surface area contributed by atoms with Crippen LogP contribution in [0.25, 0.3) is 32.7 Å². The Labute approximate surface area is 162 Å². The first-order chi connectivity index (χ1) is 12.8. The molecule has 4 nitrogen and oxygen atoms in total. The topological polar surface area (TPSA) is 44.5 Å². The van der Waals surface area contributed by atoms with Gasteiger partial charge in [-0.3, -0.25) is 4.98 Å². The van der Waals surface area contributed by atoms with E-state index in [1.807, 2.05) is 58.2 Å². The molecule has 27 heavy (non-hydrogen) atoms. The lowest BCUT2D eigenvalue weighted by Crippen LogP contribution is -2.41. The summed E-state index contributed by atoms with van der Waals surface area (Å²) < 4.78 is 18.7. The predicted octanol–water partition coefficient (Wildman–Crippen LogP) is 5.09. The highest BCUT2D eigenvalue weighted by molar-refractivity contribution is 6.66. The lowest BCUT2D eigenvalue weighted by molar-refractivity contribution is 0.00578. The highest BCUT2D eigenvalue weighted by atomic mass is 35.5. The van der Waals surface area contributed by atoms with Crippen LogP contribution in [0.5, 0.6) is 0 Å². The van der Waals surface area contributed by atoms with Crippen LogP contribution in [0.1, 0.15) is 27.7 Å². The molecule has 1 aliphatic heterocycles. The van der Waals surface area contributed by atoms with Crippen LogP contribution in [0.15, 0.2) is 47.1 Å². The zero-order valence-corrected chi connectivity index (χ0v) is 16.4. The molecule has 0 atom stereocenters. The quantitative estimate of drug-likeness (QED) is 0.432. The fourth-order valence-electron chi connectivity index (χ4n) is 3.62. The maximum absolute atomic E-state index is 6.46. The lowest BCUT2D eigenvalue weighted by atomic mass is 9.76. The number of furan rings is 1. The van der Waals surface area contributed by atoms with Crippen LogP contribution in [0.2, 0.25) is 5.02 Å². The van der Waals surface area contributed by atoms with Crippen molar-refractivity contribution in [1.29, 1.82) is 0 Å². The number of nitrogens with zero attached hydrogens (tertiary/aromatic N) is 1. The zero-order valence-electron chi connectivity index (χ0n) is 15.7. The first kappa shape index (κ1) is 17.1. The van der Waals surface area contributed by atoms with E-state index < -0.39 is 18.3 Å². The van der Waals surface area contributed by atoms with Crippen molar-refractivity contribution >= 4 is 56.9 Å². The van der Waals surface area contributed by atoms with Crippen molar-refractivity contribution in [3.05, 3.63) is 47.7 Å². The van der Waals surface area contributed by atoms with Gasteiger partial charge >= 0.3 is 7.12 Å². The summed E-state index contributed by atoms with van der Waals surface area (Å²) in [6.07, 6.45) is 3.63. The highest BCUT2D eigenvalue weighted by Gasteiger charge is 2.52. The molecule has 1 aliphatic rings. The summed E-state index contributed by atoms with van der Waals surface area (Å²) in [4.78, 5) is 4.23. The van der Waals surface area contributed by atoms with E-state index >= 15 is 0 Å². The number of hydrogen-bond acceptors (Lipinski definition) is 4. The Balaban J connectivity index is 1.81. The van der Waals surface area contributed by atoms with Crippen LogP contribution in [0.3, 0.4) is 0 Å². The third kappa shape index (κ3) is 2.42. The van der Waals surface area contributed by atoms with Crippen molar-refractivity contribution in [2.45, 2.75) is 38.9 Å². The van der Waals surface area contributed by atoms with Gasteiger partial charge in [-0.05, 0) is 62.8 Å². The summed E-state index contributed by atoms with van der Waals surface area (Å²) in [5.41, 5.74) is 1.53. The van der Waals surface area contributed by atoms with E-state index in [-0.39, 0.29) is 0 Å². The second-order valence-corrected chi connectivity index (χ2v) is 8.51. The molecule has 0 amide bonds. The molecule has 0 bridgehead atoms. The van der Waals surface area contributed by atoms with Gasteiger partial charge < -0.3 is 13.7 Å². The number of pyridine rings is 1. The molecule has 3 heterocycles. The molecule has 1 fully saturated rings. The molecule has 136 valence electrons. The summed E-state index contributed by atoms with van der Waals surface area (Å²) >= 11 is 6.46. The Morgan fingerprint density at radius 1 is 0.963 bits per heavy atom. The van der Waals surface area contributed by atoms with Crippen LogP contribution >= 0.6 is 11.6 Å². The van der Waals surface area contributed by atoms with Gasteiger partial charge in [0.1, 0.15) is 5.58 Å². The monoisotopic (exact) mass is 379 g/mol. The molecule has 5 rings (SSSR count). The summed E-state index contributed by atoms with van der Waals surface area (Å²) in [5, 5.41) is 4.61. The van der Waals surface area contributed by atoms with Crippen molar-refractivity contribution in [3.63, 3.8) is 0 Å². The van der Waals surface area contributed by atoms with Crippen molar-refractivity contribution < 1.29 is 13.7 Å². The molecule has 0 saturated carbocycles. The molecule has 6 heteroatoms. The van der Waals surface area contributed by atoms with E-state index in [4.69, 9.17) is 25.3 Å². The smallest absolute Gasteiger partial charge is 0.454 e. The van der Waals surface area contributed by atoms with Crippen LogP contribution in [-0.4, -0.2) is 23.3 Å². The van der Waals surface area contributed by atoms with Crippen LogP contribution < -0.4 is 5.46 Å². The number of hydrogen-bond donors (Lipinski definition) is 0. The number of halogens is 1. The average molecular weight is 380 g/mol. The predicted molar refractivity (Wildman–Crippen MR) is 110 cm³/mol. The van der Waals surface area contributed by atoms with Crippen LogP contribution in [-0.2, 0) is 9.31 Å². The van der Waals surface area contributed by atoms with Gasteiger partial charge in [0, 0.05) is 28.6 Å². The van der Waals surface area contributed by atoms with Gasteiger partial charge in [0.25, 0.3) is 0 Å². The van der Waals surface area contributed by atoms with Gasteiger partial charge in [0.2, 0.25) is 0 Å². The van der Waals surface area contributed by atoms with Gasteiger partial charge in [0.05, 0.1) is 16.2 Å². The van der Waals surface area contributed by atoms with Crippen molar-refractivity contribution in [2.24, 2.45) is 0 Å². The standard InChI is InChI=1S/C21H19BClNO3/c1-20(2)21(3,4)27-22(26-20)15-5-6-16(23)19-18(15)14-9-13-11-24-8-7-12(13)10-17(14)25-19/h5-11H,1-4H3. The van der Waals surface area contributed by atoms with Crippen LogP contribution in [0.4, 0.5) is 0 Å². The summed E-state index contributed by atoms with van der Waals surface area (Å²) in [6, 6.07) is 9.90. The van der Waals surface area contributed by atoms with Crippen LogP contribution in [0, 0.1) is 0 Å².